The van der Waals surface area contributed by atoms with E-state index >= 15 is 0 Å². The standard InChI is InChI=1S/C21H17ClFN3O2/c1-12-16-11-14(22)5-8-17(16)28-19(12)21(27)25-18(20-24-9-10-26(20)2)13-3-6-15(23)7-4-13/h3-11,18H,1-2H3,(H,25,27). The van der Waals surface area contributed by atoms with Gasteiger partial charge in [-0.3, -0.25) is 4.79 Å². The molecule has 142 valence electrons. The van der Waals surface area contributed by atoms with Gasteiger partial charge in [0.1, 0.15) is 23.3 Å². The van der Waals surface area contributed by atoms with Crippen molar-refractivity contribution in [3.8, 4) is 0 Å². The zero-order chi connectivity index (χ0) is 19.8. The van der Waals surface area contributed by atoms with Gasteiger partial charge in [0.15, 0.2) is 5.76 Å². The van der Waals surface area contributed by atoms with Crippen LogP contribution in [-0.4, -0.2) is 15.5 Å². The Morgan fingerprint density at radius 3 is 2.68 bits per heavy atom. The Hall–Kier alpha value is -3.12. The molecular weight excluding hydrogens is 381 g/mol. The van der Waals surface area contributed by atoms with Gasteiger partial charge in [-0.1, -0.05) is 23.7 Å². The van der Waals surface area contributed by atoms with Gasteiger partial charge in [-0.05, 0) is 42.8 Å². The Kier molecular flexibility index (Phi) is 4.65. The van der Waals surface area contributed by atoms with E-state index in [0.717, 1.165) is 5.39 Å². The number of fused-ring (bicyclic) bond motifs is 1. The number of carbonyl (C=O) groups excluding carboxylic acids is 1. The Labute approximate surface area is 165 Å². The topological polar surface area (TPSA) is 60.1 Å². The second-order valence-corrected chi connectivity index (χ2v) is 6.99. The van der Waals surface area contributed by atoms with E-state index in [9.17, 15) is 9.18 Å². The molecule has 1 N–H and O–H groups in total. The van der Waals surface area contributed by atoms with Crippen molar-refractivity contribution >= 4 is 28.5 Å². The van der Waals surface area contributed by atoms with Crippen LogP contribution in [0.4, 0.5) is 4.39 Å². The van der Waals surface area contributed by atoms with Crippen LogP contribution >= 0.6 is 11.6 Å². The maximum atomic E-state index is 13.4. The van der Waals surface area contributed by atoms with Crippen molar-refractivity contribution in [2.24, 2.45) is 7.05 Å². The SMILES string of the molecule is Cc1c(C(=O)NC(c2ccc(F)cc2)c2nccn2C)oc2ccc(Cl)cc12. The number of furan rings is 1. The van der Waals surface area contributed by atoms with Gasteiger partial charge in [0, 0.05) is 35.4 Å². The van der Waals surface area contributed by atoms with Crippen molar-refractivity contribution in [2.75, 3.05) is 0 Å². The molecule has 2 heterocycles. The number of hydrogen-bond donors (Lipinski definition) is 1. The van der Waals surface area contributed by atoms with Gasteiger partial charge in [-0.15, -0.1) is 0 Å². The normalized spacial score (nSPS) is 12.3. The van der Waals surface area contributed by atoms with Crippen molar-refractivity contribution in [1.29, 1.82) is 0 Å². The number of nitrogens with one attached hydrogen (secondary N) is 1. The molecular formula is C21H17ClFN3O2. The average molecular weight is 398 g/mol. The van der Waals surface area contributed by atoms with E-state index in [1.54, 1.807) is 47.3 Å². The van der Waals surface area contributed by atoms with E-state index in [1.165, 1.54) is 12.1 Å². The summed E-state index contributed by atoms with van der Waals surface area (Å²) in [6.07, 6.45) is 3.43. The van der Waals surface area contributed by atoms with E-state index in [4.69, 9.17) is 16.0 Å². The van der Waals surface area contributed by atoms with Crippen LogP contribution in [-0.2, 0) is 7.05 Å². The third kappa shape index (κ3) is 3.27. The van der Waals surface area contributed by atoms with Gasteiger partial charge in [-0.25, -0.2) is 9.37 Å². The summed E-state index contributed by atoms with van der Waals surface area (Å²) in [5, 5.41) is 4.31. The lowest BCUT2D eigenvalue weighted by Crippen LogP contribution is -2.31. The van der Waals surface area contributed by atoms with E-state index in [1.807, 2.05) is 14.0 Å². The van der Waals surface area contributed by atoms with Crippen LogP contribution in [0.1, 0.15) is 33.5 Å². The maximum Gasteiger partial charge on any atom is 0.288 e. The lowest BCUT2D eigenvalue weighted by atomic mass is 10.1. The molecule has 0 radical (unpaired) electrons. The molecule has 1 atom stereocenters. The lowest BCUT2D eigenvalue weighted by molar-refractivity contribution is 0.0914. The molecule has 0 spiro atoms. The number of amides is 1. The summed E-state index contributed by atoms with van der Waals surface area (Å²) in [6, 6.07) is 10.6. The molecule has 0 saturated carbocycles. The van der Waals surface area contributed by atoms with Crippen molar-refractivity contribution in [1.82, 2.24) is 14.9 Å². The minimum atomic E-state index is -0.565. The quantitative estimate of drug-likeness (QED) is 0.538. The van der Waals surface area contributed by atoms with Crippen LogP contribution in [0.25, 0.3) is 11.0 Å². The first-order valence-electron chi connectivity index (χ1n) is 8.66. The number of rotatable bonds is 4. The van der Waals surface area contributed by atoms with Crippen LogP contribution in [0.5, 0.6) is 0 Å². The largest absolute Gasteiger partial charge is 0.451 e. The number of carbonyl (C=O) groups is 1. The fourth-order valence-corrected chi connectivity index (χ4v) is 3.39. The summed E-state index contributed by atoms with van der Waals surface area (Å²) in [5.41, 5.74) is 2.00. The number of aryl methyl sites for hydroxylation is 2. The van der Waals surface area contributed by atoms with Crippen molar-refractivity contribution in [3.63, 3.8) is 0 Å². The number of imidazole rings is 1. The molecule has 4 aromatic rings. The van der Waals surface area contributed by atoms with E-state index in [0.29, 0.717) is 27.6 Å². The van der Waals surface area contributed by atoms with Gasteiger partial charge < -0.3 is 14.3 Å². The molecule has 1 amide bonds. The highest BCUT2D eigenvalue weighted by Gasteiger charge is 2.25. The molecule has 0 fully saturated rings. The first kappa shape index (κ1) is 18.3. The molecule has 0 saturated heterocycles. The minimum Gasteiger partial charge on any atom is -0.451 e. The van der Waals surface area contributed by atoms with Crippen LogP contribution in [0, 0.1) is 12.7 Å². The van der Waals surface area contributed by atoms with Crippen LogP contribution in [0.15, 0.2) is 59.3 Å². The first-order valence-corrected chi connectivity index (χ1v) is 9.04. The monoisotopic (exact) mass is 397 g/mol. The zero-order valence-electron chi connectivity index (χ0n) is 15.2. The van der Waals surface area contributed by atoms with Crippen molar-refractivity contribution in [2.45, 2.75) is 13.0 Å². The second kappa shape index (κ2) is 7.13. The van der Waals surface area contributed by atoms with Crippen LogP contribution in [0.3, 0.4) is 0 Å². The summed E-state index contributed by atoms with van der Waals surface area (Å²) in [4.78, 5) is 17.4. The fraction of sp³-hybridized carbons (Fsp3) is 0.143. The number of halogens is 2. The predicted molar refractivity (Wildman–Crippen MR) is 105 cm³/mol. The van der Waals surface area contributed by atoms with E-state index in [-0.39, 0.29) is 17.5 Å². The van der Waals surface area contributed by atoms with E-state index in [2.05, 4.69) is 10.3 Å². The molecule has 0 aliphatic carbocycles. The number of hydrogen-bond acceptors (Lipinski definition) is 3. The summed E-state index contributed by atoms with van der Waals surface area (Å²) >= 11 is 6.06. The molecule has 5 nitrogen and oxygen atoms in total. The molecule has 0 aliphatic rings. The predicted octanol–water partition coefficient (Wildman–Crippen LogP) is 4.79. The summed E-state index contributed by atoms with van der Waals surface area (Å²) in [5.74, 6) is 0.0937. The highest BCUT2D eigenvalue weighted by molar-refractivity contribution is 6.31. The van der Waals surface area contributed by atoms with Crippen molar-refractivity contribution in [3.05, 3.63) is 88.4 Å². The minimum absolute atomic E-state index is 0.207. The van der Waals surface area contributed by atoms with Gasteiger partial charge in [0.25, 0.3) is 5.91 Å². The highest BCUT2D eigenvalue weighted by Crippen LogP contribution is 2.29. The Bertz CT molecular complexity index is 1160. The number of nitrogens with zero attached hydrogens (tertiary/aromatic N) is 2. The third-order valence-electron chi connectivity index (χ3n) is 4.70. The first-order chi connectivity index (χ1) is 13.4. The zero-order valence-corrected chi connectivity index (χ0v) is 16.0. The third-order valence-corrected chi connectivity index (χ3v) is 4.93. The summed E-state index contributed by atoms with van der Waals surface area (Å²) in [6.45, 7) is 1.81. The highest BCUT2D eigenvalue weighted by atomic mass is 35.5. The Balaban J connectivity index is 1.73. The second-order valence-electron chi connectivity index (χ2n) is 6.55. The molecule has 1 unspecified atom stereocenters. The van der Waals surface area contributed by atoms with Crippen LogP contribution < -0.4 is 5.32 Å². The van der Waals surface area contributed by atoms with E-state index < -0.39 is 6.04 Å². The van der Waals surface area contributed by atoms with Gasteiger partial charge in [-0.2, -0.15) is 0 Å². The lowest BCUT2D eigenvalue weighted by Gasteiger charge is -2.18. The summed E-state index contributed by atoms with van der Waals surface area (Å²) in [7, 11) is 1.83. The van der Waals surface area contributed by atoms with Gasteiger partial charge in [0.2, 0.25) is 0 Å². The maximum absolute atomic E-state index is 13.4. The molecule has 7 heteroatoms. The Morgan fingerprint density at radius 2 is 2.00 bits per heavy atom. The number of benzene rings is 2. The molecule has 0 bridgehead atoms. The Morgan fingerprint density at radius 1 is 1.25 bits per heavy atom. The smallest absolute Gasteiger partial charge is 0.288 e. The van der Waals surface area contributed by atoms with Crippen LogP contribution in [0.2, 0.25) is 5.02 Å². The molecule has 2 aromatic carbocycles. The van der Waals surface area contributed by atoms with Gasteiger partial charge >= 0.3 is 0 Å². The average Bonchev–Trinajstić information content (AvgIpc) is 3.24. The summed E-state index contributed by atoms with van der Waals surface area (Å²) < 4.78 is 20.9. The van der Waals surface area contributed by atoms with Gasteiger partial charge in [0.05, 0.1) is 0 Å². The molecule has 0 aliphatic heterocycles. The van der Waals surface area contributed by atoms with Crippen molar-refractivity contribution < 1.29 is 13.6 Å². The fourth-order valence-electron chi connectivity index (χ4n) is 3.21. The molecule has 4 rings (SSSR count). The number of aromatic nitrogens is 2. The molecule has 2 aromatic heterocycles. The molecule has 28 heavy (non-hydrogen) atoms.